The first kappa shape index (κ1) is 13.1. The van der Waals surface area contributed by atoms with Crippen molar-refractivity contribution in [3.63, 3.8) is 0 Å². The number of amides is 1. The van der Waals surface area contributed by atoms with Crippen LogP contribution in [0.1, 0.15) is 42.1 Å². The Bertz CT molecular complexity index is 427. The van der Waals surface area contributed by atoms with Gasteiger partial charge in [-0.05, 0) is 45.2 Å². The van der Waals surface area contributed by atoms with Crippen molar-refractivity contribution in [1.82, 2.24) is 4.90 Å². The first-order valence-electron chi connectivity index (χ1n) is 6.65. The van der Waals surface area contributed by atoms with Gasteiger partial charge in [-0.2, -0.15) is 0 Å². The Morgan fingerprint density at radius 2 is 2.00 bits per heavy atom. The van der Waals surface area contributed by atoms with Gasteiger partial charge in [0.25, 0.3) is 5.91 Å². The van der Waals surface area contributed by atoms with Gasteiger partial charge in [0.05, 0.1) is 5.54 Å². The van der Waals surface area contributed by atoms with Crippen LogP contribution in [0, 0.1) is 6.92 Å². The van der Waals surface area contributed by atoms with Gasteiger partial charge in [0.15, 0.2) is 0 Å². The van der Waals surface area contributed by atoms with Crippen LogP contribution in [0.2, 0.25) is 0 Å². The van der Waals surface area contributed by atoms with Crippen molar-refractivity contribution in [3.05, 3.63) is 35.4 Å². The molecule has 1 amide bonds. The van der Waals surface area contributed by atoms with Gasteiger partial charge in [-0.15, -0.1) is 0 Å². The van der Waals surface area contributed by atoms with E-state index in [9.17, 15) is 4.79 Å². The molecular weight excluding hydrogens is 224 g/mol. The van der Waals surface area contributed by atoms with E-state index in [0.717, 1.165) is 31.4 Å². The summed E-state index contributed by atoms with van der Waals surface area (Å²) in [6.07, 6.45) is 3.24. The molecule has 0 spiro atoms. The molecule has 3 heteroatoms. The van der Waals surface area contributed by atoms with Crippen LogP contribution in [0.25, 0.3) is 0 Å². The van der Waals surface area contributed by atoms with E-state index in [2.05, 4.69) is 6.92 Å². The van der Waals surface area contributed by atoms with E-state index in [1.54, 1.807) is 0 Å². The number of aryl methyl sites for hydroxylation is 1. The van der Waals surface area contributed by atoms with Gasteiger partial charge in [-0.25, -0.2) is 0 Å². The average Bonchev–Trinajstić information content (AvgIpc) is 2.39. The molecule has 0 saturated carbocycles. The number of carbonyl (C=O) groups is 1. The summed E-state index contributed by atoms with van der Waals surface area (Å²) in [5.41, 5.74) is 7.63. The molecule has 3 nitrogen and oxygen atoms in total. The molecule has 1 aromatic rings. The summed E-state index contributed by atoms with van der Waals surface area (Å²) in [6.45, 7) is 5.47. The van der Waals surface area contributed by atoms with Crippen molar-refractivity contribution in [2.45, 2.75) is 38.6 Å². The molecule has 1 saturated heterocycles. The number of benzene rings is 1. The van der Waals surface area contributed by atoms with E-state index in [0.29, 0.717) is 6.54 Å². The van der Waals surface area contributed by atoms with Crippen molar-refractivity contribution in [2.75, 3.05) is 13.1 Å². The Balaban J connectivity index is 2.23. The molecule has 1 aliphatic heterocycles. The minimum atomic E-state index is -0.180. The Kier molecular flexibility index (Phi) is 3.71. The number of hydrogen-bond donors (Lipinski definition) is 1. The van der Waals surface area contributed by atoms with Gasteiger partial charge in [0, 0.05) is 18.7 Å². The van der Waals surface area contributed by atoms with Crippen molar-refractivity contribution in [2.24, 2.45) is 5.73 Å². The number of likely N-dealkylation sites (tertiary alicyclic amines) is 1. The second-order valence-electron chi connectivity index (χ2n) is 5.48. The van der Waals surface area contributed by atoms with Gasteiger partial charge < -0.3 is 10.6 Å². The molecule has 2 N–H and O–H groups in total. The molecule has 1 unspecified atom stereocenters. The van der Waals surface area contributed by atoms with E-state index in [-0.39, 0.29) is 11.4 Å². The van der Waals surface area contributed by atoms with E-state index < -0.39 is 0 Å². The highest BCUT2D eigenvalue weighted by atomic mass is 16.2. The molecule has 0 radical (unpaired) electrons. The summed E-state index contributed by atoms with van der Waals surface area (Å²) < 4.78 is 0. The van der Waals surface area contributed by atoms with Crippen LogP contribution in [-0.4, -0.2) is 29.4 Å². The fraction of sp³-hybridized carbons (Fsp3) is 0.533. The maximum absolute atomic E-state index is 12.6. The van der Waals surface area contributed by atoms with Crippen LogP contribution >= 0.6 is 0 Å². The second kappa shape index (κ2) is 5.11. The standard InChI is InChI=1S/C15H22N2O/c1-12-5-7-13(8-6-12)14(18)17-10-4-3-9-15(17,2)11-16/h5-8H,3-4,9-11,16H2,1-2H3. The molecule has 0 aliphatic carbocycles. The minimum absolute atomic E-state index is 0.114. The Labute approximate surface area is 109 Å². The van der Waals surface area contributed by atoms with Gasteiger partial charge in [0.2, 0.25) is 0 Å². The smallest absolute Gasteiger partial charge is 0.254 e. The second-order valence-corrected chi connectivity index (χ2v) is 5.48. The Morgan fingerprint density at radius 1 is 1.33 bits per heavy atom. The highest BCUT2D eigenvalue weighted by Gasteiger charge is 2.36. The fourth-order valence-electron chi connectivity index (χ4n) is 2.59. The summed E-state index contributed by atoms with van der Waals surface area (Å²) in [4.78, 5) is 14.5. The summed E-state index contributed by atoms with van der Waals surface area (Å²) >= 11 is 0. The summed E-state index contributed by atoms with van der Waals surface area (Å²) in [6, 6.07) is 7.78. The third kappa shape index (κ3) is 2.41. The predicted molar refractivity (Wildman–Crippen MR) is 73.5 cm³/mol. The lowest BCUT2D eigenvalue weighted by Gasteiger charge is -2.44. The zero-order valence-electron chi connectivity index (χ0n) is 11.3. The average molecular weight is 246 g/mol. The van der Waals surface area contributed by atoms with Crippen molar-refractivity contribution >= 4 is 5.91 Å². The lowest BCUT2D eigenvalue weighted by molar-refractivity contribution is 0.0403. The number of nitrogens with zero attached hydrogens (tertiary/aromatic N) is 1. The molecule has 1 aliphatic rings. The van der Waals surface area contributed by atoms with E-state index in [1.807, 2.05) is 36.1 Å². The molecule has 1 aromatic carbocycles. The maximum atomic E-state index is 12.6. The van der Waals surface area contributed by atoms with E-state index >= 15 is 0 Å². The molecular formula is C15H22N2O. The number of carbonyl (C=O) groups excluding carboxylic acids is 1. The van der Waals surface area contributed by atoms with Crippen LogP contribution in [-0.2, 0) is 0 Å². The largest absolute Gasteiger partial charge is 0.332 e. The Hall–Kier alpha value is -1.35. The van der Waals surface area contributed by atoms with Gasteiger partial charge >= 0.3 is 0 Å². The Morgan fingerprint density at radius 3 is 2.61 bits per heavy atom. The fourth-order valence-corrected chi connectivity index (χ4v) is 2.59. The van der Waals surface area contributed by atoms with Gasteiger partial charge in [0.1, 0.15) is 0 Å². The zero-order valence-corrected chi connectivity index (χ0v) is 11.3. The lowest BCUT2D eigenvalue weighted by Crippen LogP contribution is -2.56. The molecule has 98 valence electrons. The first-order chi connectivity index (χ1) is 8.57. The number of rotatable bonds is 2. The van der Waals surface area contributed by atoms with E-state index in [1.165, 1.54) is 5.56 Å². The monoisotopic (exact) mass is 246 g/mol. The molecule has 1 heterocycles. The molecule has 1 atom stereocenters. The van der Waals surface area contributed by atoms with E-state index in [4.69, 9.17) is 5.73 Å². The van der Waals surface area contributed by atoms with Crippen LogP contribution in [0.3, 0.4) is 0 Å². The molecule has 0 aromatic heterocycles. The number of hydrogen-bond acceptors (Lipinski definition) is 2. The SMILES string of the molecule is Cc1ccc(C(=O)N2CCCCC2(C)CN)cc1. The van der Waals surface area contributed by atoms with Gasteiger partial charge in [-0.1, -0.05) is 17.7 Å². The van der Waals surface area contributed by atoms with Crippen molar-refractivity contribution in [3.8, 4) is 0 Å². The first-order valence-corrected chi connectivity index (χ1v) is 6.65. The topological polar surface area (TPSA) is 46.3 Å². The highest BCUT2D eigenvalue weighted by molar-refractivity contribution is 5.94. The summed E-state index contributed by atoms with van der Waals surface area (Å²) in [5.74, 6) is 0.114. The molecule has 2 rings (SSSR count). The normalized spacial score (nSPS) is 24.1. The number of piperidine rings is 1. The lowest BCUT2D eigenvalue weighted by atomic mass is 9.88. The van der Waals surface area contributed by atoms with Gasteiger partial charge in [-0.3, -0.25) is 4.79 Å². The van der Waals surface area contributed by atoms with Crippen LogP contribution in [0.5, 0.6) is 0 Å². The van der Waals surface area contributed by atoms with Crippen LogP contribution < -0.4 is 5.73 Å². The quantitative estimate of drug-likeness (QED) is 0.870. The van der Waals surface area contributed by atoms with Crippen LogP contribution in [0.15, 0.2) is 24.3 Å². The highest BCUT2D eigenvalue weighted by Crippen LogP contribution is 2.28. The van der Waals surface area contributed by atoms with Crippen LogP contribution in [0.4, 0.5) is 0 Å². The number of nitrogens with two attached hydrogens (primary N) is 1. The summed E-state index contributed by atoms with van der Waals surface area (Å²) in [5, 5.41) is 0. The predicted octanol–water partition coefficient (Wildman–Crippen LogP) is 2.34. The molecule has 1 fully saturated rings. The molecule has 0 bridgehead atoms. The zero-order chi connectivity index (χ0) is 13.2. The van der Waals surface area contributed by atoms with Crippen molar-refractivity contribution < 1.29 is 4.79 Å². The maximum Gasteiger partial charge on any atom is 0.254 e. The third-order valence-corrected chi connectivity index (χ3v) is 3.98. The molecule has 18 heavy (non-hydrogen) atoms. The minimum Gasteiger partial charge on any atom is -0.332 e. The summed E-state index contributed by atoms with van der Waals surface area (Å²) in [7, 11) is 0. The third-order valence-electron chi connectivity index (χ3n) is 3.98. The van der Waals surface area contributed by atoms with Crippen molar-refractivity contribution in [1.29, 1.82) is 0 Å².